The van der Waals surface area contributed by atoms with Crippen LogP contribution < -0.4 is 14.4 Å². The molecule has 0 aliphatic heterocycles. The van der Waals surface area contributed by atoms with E-state index in [0.717, 1.165) is 35.0 Å². The molecule has 0 spiro atoms. The molecule has 0 fully saturated rings. The van der Waals surface area contributed by atoms with Crippen molar-refractivity contribution in [1.29, 1.82) is 0 Å². The molecule has 24 heavy (non-hydrogen) atoms. The molecular formula is C20H20BrNO2. The van der Waals surface area contributed by atoms with E-state index in [9.17, 15) is 0 Å². The number of alkyl halides is 1. The van der Waals surface area contributed by atoms with Crippen molar-refractivity contribution in [2.24, 2.45) is 0 Å². The van der Waals surface area contributed by atoms with Crippen molar-refractivity contribution in [3.63, 3.8) is 0 Å². The Hall–Kier alpha value is -2.20. The molecule has 0 saturated carbocycles. The smallest absolute Gasteiger partial charge is 0.119 e. The Balaban J connectivity index is 2.00. The molecule has 0 radical (unpaired) electrons. The SMILES string of the molecule is COc1ccc(N(C2=CCC(Br)C=C2)c2ccc(OC)cc2)cc1. The first-order valence-electron chi connectivity index (χ1n) is 7.82. The summed E-state index contributed by atoms with van der Waals surface area (Å²) in [5.74, 6) is 1.70. The third-order valence-corrected chi connectivity index (χ3v) is 4.63. The molecular weight excluding hydrogens is 366 g/mol. The number of anilines is 2. The maximum Gasteiger partial charge on any atom is 0.119 e. The number of hydrogen-bond acceptors (Lipinski definition) is 3. The number of nitrogens with zero attached hydrogens (tertiary/aromatic N) is 1. The Bertz CT molecular complexity index is 688. The van der Waals surface area contributed by atoms with E-state index in [4.69, 9.17) is 9.47 Å². The van der Waals surface area contributed by atoms with Gasteiger partial charge >= 0.3 is 0 Å². The molecule has 0 amide bonds. The van der Waals surface area contributed by atoms with Crippen LogP contribution >= 0.6 is 15.9 Å². The molecule has 2 aromatic carbocycles. The van der Waals surface area contributed by atoms with Crippen LogP contribution in [-0.2, 0) is 0 Å². The Morgan fingerprint density at radius 3 is 1.75 bits per heavy atom. The molecule has 1 aliphatic carbocycles. The summed E-state index contributed by atoms with van der Waals surface area (Å²) in [5.41, 5.74) is 3.33. The maximum absolute atomic E-state index is 5.27. The zero-order chi connectivity index (χ0) is 16.9. The monoisotopic (exact) mass is 385 g/mol. The lowest BCUT2D eigenvalue weighted by Crippen LogP contribution is -2.17. The fourth-order valence-corrected chi connectivity index (χ4v) is 3.00. The van der Waals surface area contributed by atoms with E-state index < -0.39 is 0 Å². The van der Waals surface area contributed by atoms with Crippen LogP contribution in [0.1, 0.15) is 6.42 Å². The molecule has 4 heteroatoms. The number of allylic oxidation sites excluding steroid dienone is 3. The van der Waals surface area contributed by atoms with Crippen molar-refractivity contribution >= 4 is 27.3 Å². The molecule has 0 N–H and O–H groups in total. The molecule has 1 unspecified atom stereocenters. The summed E-state index contributed by atoms with van der Waals surface area (Å²) in [7, 11) is 3.36. The first-order valence-corrected chi connectivity index (χ1v) is 8.73. The van der Waals surface area contributed by atoms with Crippen molar-refractivity contribution < 1.29 is 9.47 Å². The van der Waals surface area contributed by atoms with E-state index in [0.29, 0.717) is 4.83 Å². The summed E-state index contributed by atoms with van der Waals surface area (Å²) in [5, 5.41) is 0. The minimum Gasteiger partial charge on any atom is -0.497 e. The van der Waals surface area contributed by atoms with E-state index in [-0.39, 0.29) is 0 Å². The van der Waals surface area contributed by atoms with Gasteiger partial charge in [-0.2, -0.15) is 0 Å². The maximum atomic E-state index is 5.27. The van der Waals surface area contributed by atoms with Crippen molar-refractivity contribution in [3.8, 4) is 11.5 Å². The second-order valence-corrected chi connectivity index (χ2v) is 6.65. The number of ether oxygens (including phenoxy) is 2. The van der Waals surface area contributed by atoms with Crippen LogP contribution in [-0.4, -0.2) is 19.0 Å². The van der Waals surface area contributed by atoms with E-state index in [2.05, 4.69) is 63.3 Å². The van der Waals surface area contributed by atoms with Gasteiger partial charge in [-0.3, -0.25) is 0 Å². The van der Waals surface area contributed by atoms with E-state index in [1.54, 1.807) is 14.2 Å². The molecule has 3 rings (SSSR count). The third-order valence-electron chi connectivity index (χ3n) is 3.95. The number of benzene rings is 2. The predicted octanol–water partition coefficient (Wildman–Crippen LogP) is 5.45. The van der Waals surface area contributed by atoms with Crippen molar-refractivity contribution in [3.05, 3.63) is 72.5 Å². The summed E-state index contributed by atoms with van der Waals surface area (Å²) < 4.78 is 10.5. The summed E-state index contributed by atoms with van der Waals surface area (Å²) >= 11 is 3.63. The molecule has 1 aliphatic rings. The Kier molecular flexibility index (Phi) is 5.26. The standard InChI is InChI=1S/C20H20BrNO2/c1-23-19-11-7-17(8-12-19)22(16-5-3-15(21)4-6-16)18-9-13-20(24-2)14-10-18/h3,5-15H,4H2,1-2H3. The highest BCUT2D eigenvalue weighted by atomic mass is 79.9. The second-order valence-electron chi connectivity index (χ2n) is 5.47. The average molecular weight is 386 g/mol. The molecule has 1 atom stereocenters. The van der Waals surface area contributed by atoms with Gasteiger partial charge in [0.2, 0.25) is 0 Å². The van der Waals surface area contributed by atoms with Crippen molar-refractivity contribution in [2.75, 3.05) is 19.1 Å². The first-order chi connectivity index (χ1) is 11.7. The van der Waals surface area contributed by atoms with Crippen LogP contribution in [0.15, 0.2) is 72.5 Å². The lowest BCUT2D eigenvalue weighted by molar-refractivity contribution is 0.415. The van der Waals surface area contributed by atoms with Gasteiger partial charge < -0.3 is 14.4 Å². The Morgan fingerprint density at radius 1 is 0.875 bits per heavy atom. The van der Waals surface area contributed by atoms with Gasteiger partial charge in [-0.25, -0.2) is 0 Å². The summed E-state index contributed by atoms with van der Waals surface area (Å²) in [6, 6.07) is 16.2. The van der Waals surface area contributed by atoms with Crippen LogP contribution in [0.5, 0.6) is 11.5 Å². The van der Waals surface area contributed by atoms with Gasteiger partial charge in [0, 0.05) is 21.9 Å². The number of rotatable bonds is 5. The highest BCUT2D eigenvalue weighted by molar-refractivity contribution is 9.09. The molecule has 0 heterocycles. The predicted molar refractivity (Wildman–Crippen MR) is 103 cm³/mol. The van der Waals surface area contributed by atoms with Gasteiger partial charge in [-0.15, -0.1) is 0 Å². The van der Waals surface area contributed by atoms with E-state index >= 15 is 0 Å². The molecule has 0 saturated heterocycles. The zero-order valence-corrected chi connectivity index (χ0v) is 15.4. The van der Waals surface area contributed by atoms with Crippen LogP contribution in [0, 0.1) is 0 Å². The largest absolute Gasteiger partial charge is 0.497 e. The van der Waals surface area contributed by atoms with Gasteiger partial charge in [0.1, 0.15) is 11.5 Å². The minimum absolute atomic E-state index is 0.398. The number of methoxy groups -OCH3 is 2. The molecule has 3 nitrogen and oxygen atoms in total. The van der Waals surface area contributed by atoms with Crippen molar-refractivity contribution in [2.45, 2.75) is 11.2 Å². The van der Waals surface area contributed by atoms with Crippen LogP contribution in [0.25, 0.3) is 0 Å². The van der Waals surface area contributed by atoms with Gasteiger partial charge in [0.25, 0.3) is 0 Å². The summed E-state index contributed by atoms with van der Waals surface area (Å²) in [6.45, 7) is 0. The lowest BCUT2D eigenvalue weighted by Gasteiger charge is -2.28. The quantitative estimate of drug-likeness (QED) is 0.638. The Morgan fingerprint density at radius 2 is 1.38 bits per heavy atom. The second kappa shape index (κ2) is 7.58. The fourth-order valence-electron chi connectivity index (χ4n) is 2.66. The van der Waals surface area contributed by atoms with Gasteiger partial charge in [0.05, 0.1) is 14.2 Å². The molecule has 2 aromatic rings. The number of halogens is 1. The topological polar surface area (TPSA) is 21.7 Å². The van der Waals surface area contributed by atoms with Gasteiger partial charge in [-0.05, 0) is 61.0 Å². The highest BCUT2D eigenvalue weighted by Crippen LogP contribution is 2.34. The van der Waals surface area contributed by atoms with Gasteiger partial charge in [0.15, 0.2) is 0 Å². The van der Waals surface area contributed by atoms with E-state index in [1.807, 2.05) is 24.3 Å². The minimum atomic E-state index is 0.398. The number of hydrogen-bond donors (Lipinski definition) is 0. The summed E-state index contributed by atoms with van der Waals surface area (Å²) in [4.78, 5) is 2.63. The third kappa shape index (κ3) is 3.65. The molecule has 0 aromatic heterocycles. The average Bonchev–Trinajstić information content (AvgIpc) is 2.64. The summed E-state index contributed by atoms with van der Waals surface area (Å²) in [6.07, 6.45) is 7.54. The molecule has 124 valence electrons. The Labute approximate surface area is 151 Å². The zero-order valence-electron chi connectivity index (χ0n) is 13.8. The first kappa shape index (κ1) is 16.7. The van der Waals surface area contributed by atoms with Crippen LogP contribution in [0.3, 0.4) is 0 Å². The fraction of sp³-hybridized carbons (Fsp3) is 0.200. The van der Waals surface area contributed by atoms with Crippen LogP contribution in [0.2, 0.25) is 0 Å². The van der Waals surface area contributed by atoms with Gasteiger partial charge in [-0.1, -0.05) is 28.1 Å². The van der Waals surface area contributed by atoms with Crippen molar-refractivity contribution in [1.82, 2.24) is 0 Å². The molecule has 0 bridgehead atoms. The van der Waals surface area contributed by atoms with E-state index in [1.165, 1.54) is 0 Å². The normalized spacial score (nSPS) is 16.5. The lowest BCUT2D eigenvalue weighted by atomic mass is 10.1. The highest BCUT2D eigenvalue weighted by Gasteiger charge is 2.16. The van der Waals surface area contributed by atoms with Crippen LogP contribution in [0.4, 0.5) is 11.4 Å².